The molecule has 0 atom stereocenters. The fraction of sp³-hybridized carbons (Fsp3) is 0.400. The van der Waals surface area contributed by atoms with Crippen LogP contribution in [0.15, 0.2) is 45.3 Å². The molecule has 0 saturated carbocycles. The second-order valence-electron chi connectivity index (χ2n) is 6.67. The van der Waals surface area contributed by atoms with Gasteiger partial charge in [-0.05, 0) is 0 Å². The zero-order chi connectivity index (χ0) is 16.4. The van der Waals surface area contributed by atoms with Gasteiger partial charge in [-0.3, -0.25) is 0 Å². The van der Waals surface area contributed by atoms with Crippen molar-refractivity contribution in [2.75, 3.05) is 0 Å². The summed E-state index contributed by atoms with van der Waals surface area (Å²) in [6, 6.07) is 14.0. The third kappa shape index (κ3) is 3.23. The van der Waals surface area contributed by atoms with Crippen LogP contribution in [0.5, 0.6) is 0 Å². The van der Waals surface area contributed by atoms with Crippen molar-refractivity contribution in [2.24, 2.45) is 0 Å². The van der Waals surface area contributed by atoms with Gasteiger partial charge in [-0.25, -0.2) is 0 Å². The van der Waals surface area contributed by atoms with Gasteiger partial charge in [0.25, 0.3) is 0 Å². The first-order valence-corrected chi connectivity index (χ1v) is 15.4. The number of benzene rings is 2. The predicted octanol–water partition coefficient (Wildman–Crippen LogP) is 6.36. The van der Waals surface area contributed by atoms with Gasteiger partial charge in [0.1, 0.15) is 0 Å². The van der Waals surface area contributed by atoms with Crippen molar-refractivity contribution < 1.29 is 0 Å². The normalized spacial score (nSPS) is 14.6. The second kappa shape index (κ2) is 7.45. The van der Waals surface area contributed by atoms with E-state index in [9.17, 15) is 0 Å². The summed E-state index contributed by atoms with van der Waals surface area (Å²) in [5.41, 5.74) is 3.03. The van der Waals surface area contributed by atoms with E-state index in [1.54, 1.807) is 8.79 Å². The molecule has 0 amide bonds. The van der Waals surface area contributed by atoms with E-state index in [1.807, 2.05) is 0 Å². The number of rotatable bonds is 6. The van der Waals surface area contributed by atoms with Crippen LogP contribution >= 0.6 is 31.9 Å². The Kier molecular flexibility index (Phi) is 5.75. The predicted molar refractivity (Wildman–Crippen MR) is 112 cm³/mol. The number of fused-ring (bicyclic) bond motifs is 3. The maximum atomic E-state index is 3.73. The van der Waals surface area contributed by atoms with Gasteiger partial charge < -0.3 is 0 Å². The number of unbranched alkanes of at least 4 members (excludes halogenated alkanes) is 2. The SMILES string of the molecule is CCC[CH2][Ge]1([CH2]CCC)[c]2cc(Br)ccc2-c2ccc(Br)c[c]21. The van der Waals surface area contributed by atoms with Crippen LogP contribution in [0.2, 0.25) is 10.5 Å². The molecule has 0 N–H and O–H groups in total. The van der Waals surface area contributed by atoms with Crippen LogP contribution in [0, 0.1) is 0 Å². The molecule has 0 spiro atoms. The van der Waals surface area contributed by atoms with E-state index in [0.717, 1.165) is 0 Å². The summed E-state index contributed by atoms with van der Waals surface area (Å²) in [6.45, 7) is 4.66. The summed E-state index contributed by atoms with van der Waals surface area (Å²) in [6.07, 6.45) is 5.32. The third-order valence-electron chi connectivity index (χ3n) is 5.20. The quantitative estimate of drug-likeness (QED) is 0.409. The van der Waals surface area contributed by atoms with Crippen LogP contribution in [-0.4, -0.2) is 13.3 Å². The van der Waals surface area contributed by atoms with Gasteiger partial charge in [0.2, 0.25) is 0 Å². The molecule has 0 radical (unpaired) electrons. The topological polar surface area (TPSA) is 0 Å². The molecule has 0 aliphatic carbocycles. The van der Waals surface area contributed by atoms with E-state index in [-0.39, 0.29) is 0 Å². The van der Waals surface area contributed by atoms with Crippen LogP contribution in [0.1, 0.15) is 39.5 Å². The average molecular weight is 497 g/mol. The Bertz CT molecular complexity index is 647. The minimum atomic E-state index is -2.28. The van der Waals surface area contributed by atoms with Crippen LogP contribution in [-0.2, 0) is 0 Å². The summed E-state index contributed by atoms with van der Waals surface area (Å²) in [5, 5.41) is 2.87. The maximum absolute atomic E-state index is 3.73. The Labute approximate surface area is 159 Å². The van der Waals surface area contributed by atoms with Gasteiger partial charge in [-0.15, -0.1) is 0 Å². The van der Waals surface area contributed by atoms with Crippen LogP contribution in [0.25, 0.3) is 11.1 Å². The summed E-state index contributed by atoms with van der Waals surface area (Å²) in [5.74, 6) is 0. The molecule has 1 aliphatic rings. The molecule has 2 aromatic carbocycles. The van der Waals surface area contributed by atoms with Gasteiger partial charge in [-0.1, -0.05) is 0 Å². The molecule has 3 rings (SSSR count). The minimum absolute atomic E-state index is 1.24. The molecule has 1 heterocycles. The Balaban J connectivity index is 2.23. The molecule has 23 heavy (non-hydrogen) atoms. The Morgan fingerprint density at radius 1 is 0.739 bits per heavy atom. The Morgan fingerprint density at radius 2 is 1.17 bits per heavy atom. The molecule has 0 nitrogen and oxygen atoms in total. The molecular formula is C20H24Br2Ge. The van der Waals surface area contributed by atoms with E-state index in [2.05, 4.69) is 82.1 Å². The monoisotopic (exact) mass is 496 g/mol. The number of hydrogen-bond acceptors (Lipinski definition) is 0. The van der Waals surface area contributed by atoms with Crippen LogP contribution in [0.4, 0.5) is 0 Å². The van der Waals surface area contributed by atoms with Crippen LogP contribution in [0.3, 0.4) is 0 Å². The first kappa shape index (κ1) is 17.8. The first-order chi connectivity index (χ1) is 11.1. The van der Waals surface area contributed by atoms with E-state index in [0.29, 0.717) is 0 Å². The summed E-state index contributed by atoms with van der Waals surface area (Å²) < 4.78 is 5.92. The van der Waals surface area contributed by atoms with E-state index < -0.39 is 13.3 Å². The third-order valence-corrected chi connectivity index (χ3v) is 17.3. The first-order valence-electron chi connectivity index (χ1n) is 8.73. The van der Waals surface area contributed by atoms with Gasteiger partial charge >= 0.3 is 160 Å². The molecule has 2 aromatic rings. The van der Waals surface area contributed by atoms with Crippen molar-refractivity contribution in [1.82, 2.24) is 0 Å². The van der Waals surface area contributed by atoms with Crippen molar-refractivity contribution in [3.63, 3.8) is 0 Å². The van der Waals surface area contributed by atoms with Crippen LogP contribution < -0.4 is 8.79 Å². The van der Waals surface area contributed by atoms with Crippen molar-refractivity contribution in [1.29, 1.82) is 0 Å². The summed E-state index contributed by atoms with van der Waals surface area (Å²) >= 11 is 5.19. The van der Waals surface area contributed by atoms with Crippen molar-refractivity contribution in [3.8, 4) is 11.1 Å². The fourth-order valence-corrected chi connectivity index (χ4v) is 18.0. The summed E-state index contributed by atoms with van der Waals surface area (Å²) in [4.78, 5) is 0. The molecular weight excluding hydrogens is 473 g/mol. The molecule has 0 bridgehead atoms. The molecule has 1 aliphatic heterocycles. The standard InChI is InChI=1S/C20H24Br2Ge/c1-3-5-11-23(12-6-4-2)19-13-15(21)7-9-17(19)18-10-8-16(22)14-20(18)23/h7-10,13-14H,3-6,11-12H2,1-2H3. The van der Waals surface area contributed by atoms with E-state index in [4.69, 9.17) is 0 Å². The van der Waals surface area contributed by atoms with Gasteiger partial charge in [-0.2, -0.15) is 0 Å². The number of hydrogen-bond donors (Lipinski definition) is 0. The molecule has 122 valence electrons. The van der Waals surface area contributed by atoms with Gasteiger partial charge in [0, 0.05) is 0 Å². The molecule has 0 unspecified atom stereocenters. The number of halogens is 2. The molecule has 0 aromatic heterocycles. The Morgan fingerprint density at radius 3 is 1.57 bits per heavy atom. The fourth-order valence-electron chi connectivity index (χ4n) is 4.06. The van der Waals surface area contributed by atoms with Gasteiger partial charge in [0.15, 0.2) is 0 Å². The summed E-state index contributed by atoms with van der Waals surface area (Å²) in [7, 11) is 0. The zero-order valence-corrected chi connectivity index (χ0v) is 19.2. The molecule has 0 saturated heterocycles. The van der Waals surface area contributed by atoms with Crippen molar-refractivity contribution in [3.05, 3.63) is 45.3 Å². The molecule has 3 heteroatoms. The molecule has 0 fully saturated rings. The van der Waals surface area contributed by atoms with E-state index in [1.165, 1.54) is 56.3 Å². The van der Waals surface area contributed by atoms with Gasteiger partial charge in [0.05, 0.1) is 0 Å². The zero-order valence-electron chi connectivity index (χ0n) is 14.0. The van der Waals surface area contributed by atoms with E-state index >= 15 is 0 Å². The second-order valence-corrected chi connectivity index (χ2v) is 17.4. The van der Waals surface area contributed by atoms with Crippen molar-refractivity contribution in [2.45, 2.75) is 50.0 Å². The van der Waals surface area contributed by atoms with Crippen molar-refractivity contribution >= 4 is 53.9 Å². The average Bonchev–Trinajstić information content (AvgIpc) is 2.80. The Hall–Kier alpha value is -0.0571.